The van der Waals surface area contributed by atoms with E-state index >= 15 is 0 Å². The maximum atomic E-state index is 14.2. The van der Waals surface area contributed by atoms with Crippen molar-refractivity contribution in [2.45, 2.75) is 128 Å². The Balaban J connectivity index is 1.60. The van der Waals surface area contributed by atoms with Crippen LogP contribution in [0.1, 0.15) is 98.3 Å². The third-order valence-corrected chi connectivity index (χ3v) is 10.1. The summed E-state index contributed by atoms with van der Waals surface area (Å²) in [6, 6.07) is 0. The Morgan fingerprint density at radius 3 is 1.86 bits per heavy atom. The van der Waals surface area contributed by atoms with Crippen molar-refractivity contribution in [1.29, 1.82) is 0 Å². The van der Waals surface area contributed by atoms with E-state index in [9.17, 15) is 40.7 Å². The number of ether oxygens (including phenoxy) is 3. The summed E-state index contributed by atoms with van der Waals surface area (Å²) in [6.07, 6.45) is -4.82. The highest BCUT2D eigenvalue weighted by atomic mass is 19.4. The summed E-state index contributed by atoms with van der Waals surface area (Å²) in [7, 11) is 0. The number of allylic oxidation sites excluding steroid dienone is 3. The van der Waals surface area contributed by atoms with E-state index < -0.39 is 71.2 Å². The molecule has 242 valence electrons. The van der Waals surface area contributed by atoms with Crippen molar-refractivity contribution in [2.24, 2.45) is 22.7 Å². The molecule has 12 heteroatoms. The number of rotatable bonds is 7. The van der Waals surface area contributed by atoms with E-state index in [0.29, 0.717) is 45.4 Å². The average Bonchev–Trinajstić information content (AvgIpc) is 3.51. The van der Waals surface area contributed by atoms with Gasteiger partial charge in [0.1, 0.15) is 12.2 Å². The molecule has 0 aromatic rings. The SMILES string of the molecule is CC(=O)OC1C/C(=C/C=C2\CCC[C@@]3(C)C2CCC3C2(CC(OC(C)=O)(C(F)(F)F)C(F)(F)F)CC2)C[C@@H](OC(C)=O)C1. The van der Waals surface area contributed by atoms with Crippen molar-refractivity contribution in [1.82, 2.24) is 0 Å². The second-order valence-electron chi connectivity index (χ2n) is 13.2. The molecule has 4 aliphatic carbocycles. The van der Waals surface area contributed by atoms with Gasteiger partial charge in [-0.3, -0.25) is 14.4 Å². The molecule has 4 aliphatic rings. The first-order chi connectivity index (χ1) is 19.8. The molecule has 0 saturated heterocycles. The van der Waals surface area contributed by atoms with Gasteiger partial charge >= 0.3 is 35.9 Å². The van der Waals surface area contributed by atoms with Crippen LogP contribution in [0.4, 0.5) is 26.3 Å². The van der Waals surface area contributed by atoms with Gasteiger partial charge in [0.2, 0.25) is 0 Å². The van der Waals surface area contributed by atoms with Crippen molar-refractivity contribution in [3.8, 4) is 0 Å². The van der Waals surface area contributed by atoms with Crippen LogP contribution in [0.5, 0.6) is 0 Å². The van der Waals surface area contributed by atoms with Gasteiger partial charge < -0.3 is 14.2 Å². The topological polar surface area (TPSA) is 78.9 Å². The molecule has 0 radical (unpaired) electrons. The number of carbonyl (C=O) groups is 3. The summed E-state index contributed by atoms with van der Waals surface area (Å²) in [5.74, 6) is -2.90. The second-order valence-corrected chi connectivity index (χ2v) is 13.2. The first-order valence-corrected chi connectivity index (χ1v) is 14.9. The number of esters is 3. The number of carbonyl (C=O) groups excluding carboxylic acids is 3. The Morgan fingerprint density at radius 1 is 0.837 bits per heavy atom. The third-order valence-electron chi connectivity index (χ3n) is 10.1. The van der Waals surface area contributed by atoms with Crippen molar-refractivity contribution in [3.63, 3.8) is 0 Å². The molecule has 4 saturated carbocycles. The Hall–Kier alpha value is -2.53. The Morgan fingerprint density at radius 2 is 1.40 bits per heavy atom. The fourth-order valence-corrected chi connectivity index (χ4v) is 8.45. The molecule has 4 fully saturated rings. The van der Waals surface area contributed by atoms with Crippen LogP contribution in [0.2, 0.25) is 0 Å². The van der Waals surface area contributed by atoms with Crippen LogP contribution >= 0.6 is 0 Å². The van der Waals surface area contributed by atoms with E-state index in [1.54, 1.807) is 0 Å². The molecule has 0 aromatic carbocycles. The van der Waals surface area contributed by atoms with E-state index in [1.165, 1.54) is 13.8 Å². The van der Waals surface area contributed by atoms with Gasteiger partial charge in [0, 0.05) is 46.5 Å². The molecule has 3 unspecified atom stereocenters. The highest BCUT2D eigenvalue weighted by molar-refractivity contribution is 5.67. The Bertz CT molecular complexity index is 1130. The fourth-order valence-electron chi connectivity index (χ4n) is 8.45. The van der Waals surface area contributed by atoms with Crippen LogP contribution in [0.15, 0.2) is 23.3 Å². The van der Waals surface area contributed by atoms with Crippen LogP contribution in [0.3, 0.4) is 0 Å². The molecule has 0 aliphatic heterocycles. The smallest absolute Gasteiger partial charge is 0.437 e. The molecule has 0 N–H and O–H groups in total. The highest BCUT2D eigenvalue weighted by Crippen LogP contribution is 2.72. The quantitative estimate of drug-likeness (QED) is 0.165. The molecule has 5 atom stereocenters. The lowest BCUT2D eigenvalue weighted by Gasteiger charge is -2.47. The summed E-state index contributed by atoms with van der Waals surface area (Å²) in [5.41, 5.74) is -4.27. The molecule has 0 heterocycles. The highest BCUT2D eigenvalue weighted by Gasteiger charge is 2.78. The maximum absolute atomic E-state index is 14.2. The summed E-state index contributed by atoms with van der Waals surface area (Å²) < 4.78 is 100. The average molecular weight is 623 g/mol. The molecule has 43 heavy (non-hydrogen) atoms. The normalized spacial score (nSPS) is 32.7. The van der Waals surface area contributed by atoms with Crippen molar-refractivity contribution >= 4 is 17.9 Å². The third kappa shape index (κ3) is 6.77. The van der Waals surface area contributed by atoms with Crippen LogP contribution in [0.25, 0.3) is 0 Å². The molecular formula is C31H40F6O6. The van der Waals surface area contributed by atoms with Gasteiger partial charge in [-0.1, -0.05) is 30.2 Å². The summed E-state index contributed by atoms with van der Waals surface area (Å²) in [6.45, 7) is 5.18. The summed E-state index contributed by atoms with van der Waals surface area (Å²) >= 11 is 0. The van der Waals surface area contributed by atoms with Gasteiger partial charge in [-0.05, 0) is 67.6 Å². The van der Waals surface area contributed by atoms with Crippen LogP contribution in [-0.2, 0) is 28.6 Å². The number of fused-ring (bicyclic) bond motifs is 1. The maximum Gasteiger partial charge on any atom is 0.437 e. The molecule has 0 aromatic heterocycles. The first kappa shape index (κ1) is 33.4. The standard InChI is InChI=1S/C31H40F6O6/c1-18(38)41-23-14-21(15-24(16-23)42-19(2)39)7-8-22-6-5-11-27(4)25(22)9-10-26(27)28(12-13-28)17-29(30(32,33)34,31(35,36)37)43-20(3)40/h7-8,23-26H,5-6,9-17H2,1-4H3/b21-7-,22-8+/t23?,24-,25?,26?,27+/m1/s1. The molecular weight excluding hydrogens is 582 g/mol. The fraction of sp³-hybridized carbons (Fsp3) is 0.774. The lowest BCUT2D eigenvalue weighted by Crippen LogP contribution is -2.61. The first-order valence-electron chi connectivity index (χ1n) is 14.9. The van der Waals surface area contributed by atoms with E-state index in [0.717, 1.165) is 24.0 Å². The Kier molecular flexibility index (Phi) is 9.13. The molecule has 6 nitrogen and oxygen atoms in total. The predicted octanol–water partition coefficient (Wildman–Crippen LogP) is 7.70. The lowest BCUT2D eigenvalue weighted by atomic mass is 9.58. The van der Waals surface area contributed by atoms with Crippen LogP contribution in [0, 0.1) is 22.7 Å². The van der Waals surface area contributed by atoms with Gasteiger partial charge in [0.05, 0.1) is 0 Å². The minimum absolute atomic E-state index is 0.0161. The van der Waals surface area contributed by atoms with E-state index in [2.05, 4.69) is 4.74 Å². The molecule has 0 bridgehead atoms. The summed E-state index contributed by atoms with van der Waals surface area (Å²) in [4.78, 5) is 34.7. The van der Waals surface area contributed by atoms with Crippen LogP contribution < -0.4 is 0 Å². The van der Waals surface area contributed by atoms with Gasteiger partial charge in [-0.2, -0.15) is 26.3 Å². The van der Waals surface area contributed by atoms with Gasteiger partial charge in [-0.25, -0.2) is 0 Å². The zero-order chi connectivity index (χ0) is 32.0. The Labute approximate surface area is 247 Å². The van der Waals surface area contributed by atoms with E-state index in [1.807, 2.05) is 19.1 Å². The van der Waals surface area contributed by atoms with E-state index in [4.69, 9.17) is 9.47 Å². The molecule has 4 rings (SSSR count). The van der Waals surface area contributed by atoms with Crippen molar-refractivity contribution in [3.05, 3.63) is 23.3 Å². The molecule has 0 spiro atoms. The minimum atomic E-state index is -5.82. The largest absolute Gasteiger partial charge is 0.462 e. The number of halogens is 6. The lowest BCUT2D eigenvalue weighted by molar-refractivity contribution is -0.376. The number of hydrogen-bond acceptors (Lipinski definition) is 6. The van der Waals surface area contributed by atoms with Gasteiger partial charge in [-0.15, -0.1) is 0 Å². The van der Waals surface area contributed by atoms with Crippen molar-refractivity contribution < 1.29 is 54.9 Å². The van der Waals surface area contributed by atoms with E-state index in [-0.39, 0.29) is 18.8 Å². The number of alkyl halides is 6. The zero-order valence-corrected chi connectivity index (χ0v) is 25.0. The van der Waals surface area contributed by atoms with Gasteiger partial charge in [0.15, 0.2) is 0 Å². The second kappa shape index (κ2) is 11.8. The van der Waals surface area contributed by atoms with Crippen molar-refractivity contribution in [2.75, 3.05) is 0 Å². The zero-order valence-electron chi connectivity index (χ0n) is 25.0. The number of hydrogen-bond donors (Lipinski definition) is 0. The van der Waals surface area contributed by atoms with Gasteiger partial charge in [0.25, 0.3) is 0 Å². The predicted molar refractivity (Wildman–Crippen MR) is 142 cm³/mol. The monoisotopic (exact) mass is 622 g/mol. The summed E-state index contributed by atoms with van der Waals surface area (Å²) in [5, 5.41) is 0. The minimum Gasteiger partial charge on any atom is -0.462 e. The molecule has 0 amide bonds. The van der Waals surface area contributed by atoms with Crippen LogP contribution in [-0.4, -0.2) is 48.1 Å².